The van der Waals surface area contributed by atoms with Gasteiger partial charge in [0.1, 0.15) is 18.2 Å². The van der Waals surface area contributed by atoms with Crippen molar-refractivity contribution in [2.75, 3.05) is 19.8 Å². The number of hydrazine groups is 1. The van der Waals surface area contributed by atoms with Crippen molar-refractivity contribution in [3.8, 4) is 5.75 Å². The molecule has 0 saturated carbocycles. The van der Waals surface area contributed by atoms with Crippen LogP contribution in [0, 0.1) is 5.82 Å². The van der Waals surface area contributed by atoms with Crippen molar-refractivity contribution in [3.63, 3.8) is 0 Å². The second-order valence-electron chi connectivity index (χ2n) is 8.43. The summed E-state index contributed by atoms with van der Waals surface area (Å²) in [6.07, 6.45) is 0.887. The van der Waals surface area contributed by atoms with Crippen LogP contribution in [0.4, 0.5) is 4.39 Å². The highest BCUT2D eigenvalue weighted by molar-refractivity contribution is 9.10. The van der Waals surface area contributed by atoms with Crippen LogP contribution in [0.1, 0.15) is 23.1 Å². The SMILES string of the molecule is O=C(NNCc1cccc(F)c1)[C@]1(Cc2ccc(Br)cc2)COC(c2ccc(OCCCO)cc2)=N1. The number of carbonyl (C=O) groups excluding carboxylic acids is 1. The molecule has 1 heterocycles. The minimum Gasteiger partial charge on any atom is -0.494 e. The minimum absolute atomic E-state index is 0.0701. The van der Waals surface area contributed by atoms with Gasteiger partial charge in [-0.05, 0) is 59.7 Å². The normalized spacial score (nSPS) is 16.8. The molecule has 0 unspecified atom stereocenters. The number of nitrogens with one attached hydrogen (secondary N) is 2. The van der Waals surface area contributed by atoms with Crippen molar-refractivity contribution in [1.82, 2.24) is 10.9 Å². The maximum Gasteiger partial charge on any atom is 0.266 e. The third-order valence-electron chi connectivity index (χ3n) is 5.65. The number of aliphatic imine (C=N–C) groups is 1. The number of aliphatic hydroxyl groups is 1. The molecule has 0 spiro atoms. The number of benzene rings is 3. The van der Waals surface area contributed by atoms with E-state index in [4.69, 9.17) is 19.6 Å². The lowest BCUT2D eigenvalue weighted by molar-refractivity contribution is -0.127. The molecule has 0 aliphatic carbocycles. The summed E-state index contributed by atoms with van der Waals surface area (Å²) in [5.41, 5.74) is 6.77. The van der Waals surface area contributed by atoms with Crippen LogP contribution in [0.3, 0.4) is 0 Å². The number of carbonyl (C=O) groups is 1. The summed E-state index contributed by atoms with van der Waals surface area (Å²) in [5.74, 6) is 0.358. The van der Waals surface area contributed by atoms with Gasteiger partial charge in [0, 0.05) is 36.0 Å². The predicted octanol–water partition coefficient (Wildman–Crippen LogP) is 3.93. The Hall–Kier alpha value is -3.27. The first-order valence-corrected chi connectivity index (χ1v) is 12.4. The molecule has 0 aromatic heterocycles. The van der Waals surface area contributed by atoms with Gasteiger partial charge < -0.3 is 14.6 Å². The van der Waals surface area contributed by atoms with Crippen molar-refractivity contribution in [2.45, 2.75) is 24.9 Å². The summed E-state index contributed by atoms with van der Waals surface area (Å²) in [4.78, 5) is 18.1. The lowest BCUT2D eigenvalue weighted by Crippen LogP contribution is -2.52. The van der Waals surface area contributed by atoms with Gasteiger partial charge in [0.05, 0.1) is 6.61 Å². The van der Waals surface area contributed by atoms with Gasteiger partial charge in [0.15, 0.2) is 5.54 Å². The van der Waals surface area contributed by atoms with Gasteiger partial charge >= 0.3 is 0 Å². The van der Waals surface area contributed by atoms with Gasteiger partial charge in [0.2, 0.25) is 5.90 Å². The summed E-state index contributed by atoms with van der Waals surface area (Å²) < 4.78 is 25.9. The van der Waals surface area contributed by atoms with E-state index in [2.05, 4.69) is 26.8 Å². The van der Waals surface area contributed by atoms with Gasteiger partial charge in [-0.2, -0.15) is 0 Å². The van der Waals surface area contributed by atoms with Crippen LogP contribution in [-0.2, 0) is 22.5 Å². The molecular weight excluding hydrogens is 529 g/mol. The molecule has 0 bridgehead atoms. The summed E-state index contributed by atoms with van der Waals surface area (Å²) in [6, 6.07) is 21.1. The number of halogens is 2. The first kappa shape index (κ1) is 25.8. The fourth-order valence-corrected chi connectivity index (χ4v) is 4.02. The average molecular weight is 556 g/mol. The maximum atomic E-state index is 13.5. The molecule has 1 atom stereocenters. The minimum atomic E-state index is -1.19. The molecule has 4 rings (SSSR count). The van der Waals surface area contributed by atoms with Gasteiger partial charge in [-0.15, -0.1) is 0 Å². The smallest absolute Gasteiger partial charge is 0.266 e. The van der Waals surface area contributed by atoms with E-state index in [1.165, 1.54) is 12.1 Å². The molecule has 36 heavy (non-hydrogen) atoms. The number of ether oxygens (including phenoxy) is 2. The van der Waals surface area contributed by atoms with Gasteiger partial charge in [-0.25, -0.2) is 14.8 Å². The van der Waals surface area contributed by atoms with Crippen LogP contribution in [0.25, 0.3) is 0 Å². The summed E-state index contributed by atoms with van der Waals surface area (Å²) in [7, 11) is 0. The largest absolute Gasteiger partial charge is 0.494 e. The van der Waals surface area contributed by atoms with Gasteiger partial charge in [0.25, 0.3) is 5.91 Å². The molecule has 9 heteroatoms. The van der Waals surface area contributed by atoms with E-state index in [9.17, 15) is 9.18 Å². The summed E-state index contributed by atoms with van der Waals surface area (Å²) in [5, 5.41) is 8.90. The Labute approximate surface area is 217 Å². The fraction of sp³-hybridized carbons (Fsp3) is 0.259. The lowest BCUT2D eigenvalue weighted by atomic mass is 9.91. The number of nitrogens with zero attached hydrogens (tertiary/aromatic N) is 1. The zero-order chi connectivity index (χ0) is 25.4. The van der Waals surface area contributed by atoms with Crippen LogP contribution in [-0.4, -0.2) is 42.3 Å². The third-order valence-corrected chi connectivity index (χ3v) is 6.18. The Morgan fingerprint density at radius 3 is 2.61 bits per heavy atom. The molecule has 0 saturated heterocycles. The second kappa shape index (κ2) is 12.1. The standard InChI is InChI=1S/C27H27BrFN3O4/c28-22-9-5-19(6-10-22)16-27(26(34)32-30-17-20-3-1-4-23(29)15-20)18-36-25(31-27)21-7-11-24(12-8-21)35-14-2-13-33/h1,3-12,15,30,33H,2,13-14,16-18H2,(H,32,34)/t27-/m0/s1. The molecule has 7 nitrogen and oxygen atoms in total. The quantitative estimate of drug-likeness (QED) is 0.246. The number of aliphatic hydroxyl groups excluding tert-OH is 1. The summed E-state index contributed by atoms with van der Waals surface area (Å²) >= 11 is 3.44. The van der Waals surface area contributed by atoms with Crippen molar-refractivity contribution >= 4 is 27.7 Å². The van der Waals surface area contributed by atoms with Crippen molar-refractivity contribution in [2.24, 2.45) is 4.99 Å². The molecule has 188 valence electrons. The zero-order valence-corrected chi connectivity index (χ0v) is 21.1. The van der Waals surface area contributed by atoms with Crippen LogP contribution in [0.5, 0.6) is 5.75 Å². The molecule has 1 amide bonds. The highest BCUT2D eigenvalue weighted by atomic mass is 79.9. The Morgan fingerprint density at radius 1 is 1.11 bits per heavy atom. The zero-order valence-electron chi connectivity index (χ0n) is 19.5. The van der Waals surface area contributed by atoms with Crippen molar-refractivity contribution in [3.05, 3.63) is 99.8 Å². The van der Waals surface area contributed by atoms with Gasteiger partial charge in [-0.1, -0.05) is 40.2 Å². The summed E-state index contributed by atoms with van der Waals surface area (Å²) in [6.45, 7) is 0.822. The molecule has 1 aliphatic heterocycles. The molecule has 0 radical (unpaired) electrons. The highest BCUT2D eigenvalue weighted by Gasteiger charge is 2.44. The van der Waals surface area contributed by atoms with E-state index in [1.54, 1.807) is 24.3 Å². The Morgan fingerprint density at radius 2 is 1.89 bits per heavy atom. The predicted molar refractivity (Wildman–Crippen MR) is 138 cm³/mol. The number of hydrogen-bond donors (Lipinski definition) is 3. The molecule has 3 aromatic carbocycles. The number of amides is 1. The average Bonchev–Trinajstić information content (AvgIpc) is 3.31. The highest BCUT2D eigenvalue weighted by Crippen LogP contribution is 2.28. The third kappa shape index (κ3) is 6.69. The molecule has 1 aliphatic rings. The van der Waals surface area contributed by atoms with Crippen LogP contribution in [0.2, 0.25) is 0 Å². The van der Waals surface area contributed by atoms with E-state index >= 15 is 0 Å². The van der Waals surface area contributed by atoms with Crippen LogP contribution >= 0.6 is 15.9 Å². The molecular formula is C27H27BrFN3O4. The molecule has 3 N–H and O–H groups in total. The Bertz CT molecular complexity index is 1200. The molecule has 3 aromatic rings. The van der Waals surface area contributed by atoms with E-state index < -0.39 is 5.54 Å². The van der Waals surface area contributed by atoms with Crippen LogP contribution in [0.15, 0.2) is 82.3 Å². The van der Waals surface area contributed by atoms with Crippen LogP contribution < -0.4 is 15.6 Å². The first-order chi connectivity index (χ1) is 17.5. The topological polar surface area (TPSA) is 92.2 Å². The second-order valence-corrected chi connectivity index (χ2v) is 9.34. The van der Waals surface area contributed by atoms with E-state index in [0.29, 0.717) is 36.7 Å². The maximum absolute atomic E-state index is 13.5. The first-order valence-electron chi connectivity index (χ1n) is 11.6. The number of hydrogen-bond acceptors (Lipinski definition) is 6. The van der Waals surface area contributed by atoms with E-state index in [1.807, 2.05) is 36.4 Å². The monoisotopic (exact) mass is 555 g/mol. The lowest BCUT2D eigenvalue weighted by Gasteiger charge is -2.23. The Balaban J connectivity index is 1.51. The number of rotatable bonds is 11. The Kier molecular flexibility index (Phi) is 8.69. The molecule has 0 fully saturated rings. The van der Waals surface area contributed by atoms with Gasteiger partial charge in [-0.3, -0.25) is 10.2 Å². The van der Waals surface area contributed by atoms with E-state index in [0.717, 1.165) is 15.6 Å². The fourth-order valence-electron chi connectivity index (χ4n) is 3.76. The van der Waals surface area contributed by atoms with E-state index in [-0.39, 0.29) is 31.5 Å². The van der Waals surface area contributed by atoms with Crippen molar-refractivity contribution in [1.29, 1.82) is 0 Å². The van der Waals surface area contributed by atoms with Crippen molar-refractivity contribution < 1.29 is 23.8 Å².